The summed E-state index contributed by atoms with van der Waals surface area (Å²) in [5.41, 5.74) is 2.23. The molecule has 1 saturated carbocycles. The van der Waals surface area contributed by atoms with E-state index in [1.54, 1.807) is 6.33 Å². The number of rotatable bonds is 6. The van der Waals surface area contributed by atoms with Crippen molar-refractivity contribution < 1.29 is 9.84 Å². The predicted molar refractivity (Wildman–Crippen MR) is 89.2 cm³/mol. The van der Waals surface area contributed by atoms with Crippen molar-refractivity contribution in [3.05, 3.63) is 48.0 Å². The van der Waals surface area contributed by atoms with Gasteiger partial charge in [0, 0.05) is 30.9 Å². The van der Waals surface area contributed by atoms with Crippen molar-refractivity contribution in [1.29, 1.82) is 0 Å². The van der Waals surface area contributed by atoms with Gasteiger partial charge in [-0.3, -0.25) is 0 Å². The van der Waals surface area contributed by atoms with Crippen LogP contribution in [-0.2, 0) is 6.54 Å². The molecule has 5 nitrogen and oxygen atoms in total. The van der Waals surface area contributed by atoms with E-state index in [1.165, 1.54) is 5.56 Å². The van der Waals surface area contributed by atoms with Gasteiger partial charge in [0.1, 0.15) is 11.9 Å². The lowest BCUT2D eigenvalue weighted by Gasteiger charge is -2.35. The Morgan fingerprint density at radius 3 is 3.09 bits per heavy atom. The molecule has 0 saturated heterocycles. The lowest BCUT2D eigenvalue weighted by atomic mass is 9.84. The van der Waals surface area contributed by atoms with Gasteiger partial charge in [0.25, 0.3) is 0 Å². The Morgan fingerprint density at radius 1 is 1.39 bits per heavy atom. The van der Waals surface area contributed by atoms with Gasteiger partial charge in [-0.2, -0.15) is 0 Å². The number of nitrogens with zero attached hydrogens (tertiary/aromatic N) is 1. The molecule has 1 aliphatic carbocycles. The van der Waals surface area contributed by atoms with Gasteiger partial charge in [0.05, 0.1) is 12.4 Å². The number of hydrogen-bond donors (Lipinski definition) is 3. The van der Waals surface area contributed by atoms with Crippen molar-refractivity contribution in [3.63, 3.8) is 0 Å². The van der Waals surface area contributed by atoms with Crippen LogP contribution in [0.3, 0.4) is 0 Å². The van der Waals surface area contributed by atoms with Crippen molar-refractivity contribution in [2.75, 3.05) is 6.54 Å². The number of nitrogens with one attached hydrogen (secondary N) is 2. The predicted octanol–water partition coefficient (Wildman–Crippen LogP) is 2.42. The number of H-pyrrole nitrogens is 1. The second-order valence-corrected chi connectivity index (χ2v) is 6.36. The van der Waals surface area contributed by atoms with Crippen LogP contribution in [0.15, 0.2) is 36.8 Å². The summed E-state index contributed by atoms with van der Waals surface area (Å²) in [5, 5.41) is 14.0. The highest BCUT2D eigenvalue weighted by atomic mass is 16.5. The van der Waals surface area contributed by atoms with E-state index in [-0.39, 0.29) is 12.0 Å². The smallest absolute Gasteiger partial charge is 0.125 e. The monoisotopic (exact) mass is 315 g/mol. The molecule has 0 radical (unpaired) electrons. The Hall–Kier alpha value is -1.85. The Bertz CT molecular complexity index is 600. The zero-order chi connectivity index (χ0) is 16.1. The summed E-state index contributed by atoms with van der Waals surface area (Å²) in [6, 6.07) is 8.02. The van der Waals surface area contributed by atoms with E-state index in [0.717, 1.165) is 43.8 Å². The highest BCUT2D eigenvalue weighted by Crippen LogP contribution is 2.28. The molecule has 3 atom stereocenters. The van der Waals surface area contributed by atoms with Crippen LogP contribution >= 0.6 is 0 Å². The zero-order valence-corrected chi connectivity index (χ0v) is 13.5. The van der Waals surface area contributed by atoms with Gasteiger partial charge in [0.2, 0.25) is 0 Å². The molecular formula is C18H25N3O2. The molecular weight excluding hydrogens is 290 g/mol. The van der Waals surface area contributed by atoms with Crippen molar-refractivity contribution in [1.82, 2.24) is 15.3 Å². The number of aliphatic hydroxyl groups excluding tert-OH is 1. The van der Waals surface area contributed by atoms with Gasteiger partial charge in [-0.25, -0.2) is 4.98 Å². The van der Waals surface area contributed by atoms with Gasteiger partial charge in [-0.05, 0) is 43.9 Å². The van der Waals surface area contributed by atoms with Crippen LogP contribution in [0.1, 0.15) is 30.5 Å². The lowest BCUT2D eigenvalue weighted by Crippen LogP contribution is -2.44. The zero-order valence-electron chi connectivity index (χ0n) is 13.5. The first-order valence-electron chi connectivity index (χ1n) is 8.32. The second kappa shape index (κ2) is 7.62. The quantitative estimate of drug-likeness (QED) is 0.765. The van der Waals surface area contributed by atoms with E-state index in [1.807, 2.05) is 37.4 Å². The third kappa shape index (κ3) is 4.33. The van der Waals surface area contributed by atoms with Crippen LogP contribution in [-0.4, -0.2) is 33.8 Å². The molecule has 0 amide bonds. The maximum atomic E-state index is 10.6. The summed E-state index contributed by atoms with van der Waals surface area (Å²) in [6.45, 7) is 3.58. The van der Waals surface area contributed by atoms with E-state index in [2.05, 4.69) is 15.3 Å². The molecule has 0 aliphatic heterocycles. The highest BCUT2D eigenvalue weighted by molar-refractivity contribution is 5.27. The molecule has 1 aromatic heterocycles. The summed E-state index contributed by atoms with van der Waals surface area (Å²) in [6.07, 6.45) is 5.97. The van der Waals surface area contributed by atoms with Crippen molar-refractivity contribution in [3.8, 4) is 5.75 Å². The number of aryl methyl sites for hydroxylation is 1. The summed E-state index contributed by atoms with van der Waals surface area (Å²) in [5.74, 6) is 1.07. The SMILES string of the molecule is Cc1cccc(O[C@@H]2CCC[C@H](CNCc3cnc[nH]3)[C@H]2O)c1. The Morgan fingerprint density at radius 2 is 2.30 bits per heavy atom. The van der Waals surface area contributed by atoms with Crippen LogP contribution in [0, 0.1) is 12.8 Å². The van der Waals surface area contributed by atoms with Crippen LogP contribution in [0.25, 0.3) is 0 Å². The molecule has 1 aliphatic rings. The van der Waals surface area contributed by atoms with Crippen LogP contribution in [0.4, 0.5) is 0 Å². The van der Waals surface area contributed by atoms with E-state index >= 15 is 0 Å². The first-order chi connectivity index (χ1) is 11.2. The maximum absolute atomic E-state index is 10.6. The Labute approximate surface area is 137 Å². The van der Waals surface area contributed by atoms with Crippen LogP contribution < -0.4 is 10.1 Å². The van der Waals surface area contributed by atoms with Crippen LogP contribution in [0.2, 0.25) is 0 Å². The fraction of sp³-hybridized carbons (Fsp3) is 0.500. The van der Waals surface area contributed by atoms with Crippen molar-refractivity contribution in [2.24, 2.45) is 5.92 Å². The standard InChI is InChI=1S/C18H25N3O2/c1-13-4-2-6-16(8-13)23-17-7-3-5-14(18(17)22)9-19-10-15-11-20-12-21-15/h2,4,6,8,11-12,14,17-19,22H,3,5,7,9-10H2,1H3,(H,20,21)/t14-,17-,18-/m1/s1. The minimum absolute atomic E-state index is 0.121. The normalized spacial score (nSPS) is 24.5. The first kappa shape index (κ1) is 16.0. The molecule has 1 heterocycles. The number of benzene rings is 1. The van der Waals surface area contributed by atoms with Gasteiger partial charge >= 0.3 is 0 Å². The molecule has 23 heavy (non-hydrogen) atoms. The van der Waals surface area contributed by atoms with Gasteiger partial charge in [0.15, 0.2) is 0 Å². The maximum Gasteiger partial charge on any atom is 0.125 e. The summed E-state index contributed by atoms with van der Waals surface area (Å²) in [7, 11) is 0. The fourth-order valence-corrected chi connectivity index (χ4v) is 3.21. The largest absolute Gasteiger partial charge is 0.488 e. The fourth-order valence-electron chi connectivity index (χ4n) is 3.21. The molecule has 2 aromatic rings. The number of aliphatic hydroxyl groups is 1. The average Bonchev–Trinajstić information content (AvgIpc) is 3.04. The highest BCUT2D eigenvalue weighted by Gasteiger charge is 2.33. The molecule has 0 bridgehead atoms. The summed E-state index contributed by atoms with van der Waals surface area (Å²) < 4.78 is 6.04. The summed E-state index contributed by atoms with van der Waals surface area (Å²) >= 11 is 0. The van der Waals surface area contributed by atoms with Gasteiger partial charge in [-0.15, -0.1) is 0 Å². The van der Waals surface area contributed by atoms with Gasteiger partial charge in [-0.1, -0.05) is 12.1 Å². The Kier molecular flexibility index (Phi) is 5.31. The summed E-state index contributed by atoms with van der Waals surface area (Å²) in [4.78, 5) is 7.08. The van der Waals surface area contributed by atoms with Gasteiger partial charge < -0.3 is 20.1 Å². The molecule has 5 heteroatoms. The molecule has 1 fully saturated rings. The topological polar surface area (TPSA) is 70.2 Å². The molecule has 0 spiro atoms. The van der Waals surface area contributed by atoms with E-state index in [0.29, 0.717) is 0 Å². The number of aromatic nitrogens is 2. The Balaban J connectivity index is 1.52. The molecule has 3 N–H and O–H groups in total. The minimum Gasteiger partial charge on any atom is -0.488 e. The number of imidazole rings is 1. The number of aromatic amines is 1. The minimum atomic E-state index is -0.432. The third-order valence-corrected chi connectivity index (χ3v) is 4.48. The van der Waals surface area contributed by atoms with E-state index in [9.17, 15) is 5.11 Å². The lowest BCUT2D eigenvalue weighted by molar-refractivity contribution is -0.0306. The number of hydrogen-bond acceptors (Lipinski definition) is 4. The average molecular weight is 315 g/mol. The van der Waals surface area contributed by atoms with E-state index < -0.39 is 6.10 Å². The second-order valence-electron chi connectivity index (χ2n) is 6.36. The van der Waals surface area contributed by atoms with E-state index in [4.69, 9.17) is 4.74 Å². The molecule has 1 aromatic carbocycles. The molecule has 124 valence electrons. The molecule has 3 rings (SSSR count). The molecule has 0 unspecified atom stereocenters. The van der Waals surface area contributed by atoms with Crippen molar-refractivity contribution in [2.45, 2.75) is 44.9 Å². The van der Waals surface area contributed by atoms with Crippen LogP contribution in [0.5, 0.6) is 5.75 Å². The van der Waals surface area contributed by atoms with Crippen molar-refractivity contribution >= 4 is 0 Å². The number of ether oxygens (including phenoxy) is 1. The first-order valence-corrected chi connectivity index (χ1v) is 8.32. The third-order valence-electron chi connectivity index (χ3n) is 4.48.